The Morgan fingerprint density at radius 3 is 2.46 bits per heavy atom. The Labute approximate surface area is 223 Å². The number of rotatable bonds is 8. The number of halogens is 3. The van der Waals surface area contributed by atoms with Crippen molar-refractivity contribution in [3.05, 3.63) is 76.2 Å². The van der Waals surface area contributed by atoms with Crippen LogP contribution in [0.5, 0.6) is 11.6 Å². The van der Waals surface area contributed by atoms with Crippen molar-refractivity contribution >= 4 is 5.97 Å². The first-order valence-electron chi connectivity index (χ1n) is 13.0. The number of carboxylic acid groups (broad SMARTS) is 1. The van der Waals surface area contributed by atoms with E-state index in [2.05, 4.69) is 4.98 Å². The normalized spacial score (nSPS) is 26.4. The van der Waals surface area contributed by atoms with Crippen LogP contribution in [0.25, 0.3) is 11.1 Å². The van der Waals surface area contributed by atoms with Crippen molar-refractivity contribution in [2.45, 2.75) is 51.2 Å². The smallest absolute Gasteiger partial charge is 0.307 e. The number of nitrogens with zero attached hydrogens (tertiary/aromatic N) is 1. The van der Waals surface area contributed by atoms with Gasteiger partial charge in [-0.25, -0.2) is 18.2 Å². The van der Waals surface area contributed by atoms with E-state index in [-0.39, 0.29) is 48.0 Å². The van der Waals surface area contributed by atoms with E-state index in [9.17, 15) is 28.2 Å². The molecular weight excluding hydrogens is 511 g/mol. The third-order valence-electron chi connectivity index (χ3n) is 8.27. The van der Waals surface area contributed by atoms with E-state index in [1.54, 1.807) is 26.1 Å². The maximum atomic E-state index is 14.9. The average Bonchev–Trinajstić information content (AvgIpc) is 3.44. The molecule has 39 heavy (non-hydrogen) atoms. The van der Waals surface area contributed by atoms with Crippen LogP contribution in [-0.2, 0) is 17.8 Å². The van der Waals surface area contributed by atoms with E-state index in [1.165, 1.54) is 12.1 Å². The van der Waals surface area contributed by atoms with Crippen molar-refractivity contribution < 1.29 is 37.7 Å². The molecule has 1 heterocycles. The Kier molecular flexibility index (Phi) is 6.10. The number of hydrogen-bond acceptors (Lipinski definition) is 5. The molecule has 3 aliphatic carbocycles. The van der Waals surface area contributed by atoms with Crippen molar-refractivity contribution in [2.75, 3.05) is 6.61 Å². The lowest BCUT2D eigenvalue weighted by molar-refractivity contribution is -0.139. The molecule has 0 unspecified atom stereocenters. The summed E-state index contributed by atoms with van der Waals surface area (Å²) in [5, 5.41) is 19.1. The fourth-order valence-electron chi connectivity index (χ4n) is 6.33. The number of aryl methyl sites for hydroxylation is 1. The number of aliphatic carboxylic acids is 1. The van der Waals surface area contributed by atoms with Gasteiger partial charge < -0.3 is 19.7 Å². The zero-order chi connectivity index (χ0) is 27.6. The molecule has 3 atom stereocenters. The zero-order valence-electron chi connectivity index (χ0n) is 21.5. The van der Waals surface area contributed by atoms with Crippen LogP contribution in [-0.4, -0.2) is 33.4 Å². The van der Waals surface area contributed by atoms with E-state index < -0.39 is 34.8 Å². The molecule has 9 heteroatoms. The first-order valence-corrected chi connectivity index (χ1v) is 13.0. The topological polar surface area (TPSA) is 88.9 Å². The number of fused-ring (bicyclic) bond motifs is 3. The van der Waals surface area contributed by atoms with Crippen LogP contribution in [0, 0.1) is 42.1 Å². The van der Waals surface area contributed by atoms with Crippen LogP contribution in [0.15, 0.2) is 36.5 Å². The van der Waals surface area contributed by atoms with E-state index in [0.717, 1.165) is 23.3 Å². The summed E-state index contributed by atoms with van der Waals surface area (Å²) in [6.07, 6.45) is 3.32. The molecule has 3 aliphatic rings. The summed E-state index contributed by atoms with van der Waals surface area (Å²) in [7, 11) is 0. The Balaban J connectivity index is 1.16. The van der Waals surface area contributed by atoms with Gasteiger partial charge in [-0.1, -0.05) is 0 Å². The fourth-order valence-corrected chi connectivity index (χ4v) is 6.33. The molecule has 204 valence electrons. The molecule has 0 radical (unpaired) electrons. The van der Waals surface area contributed by atoms with Gasteiger partial charge in [0, 0.05) is 23.7 Å². The van der Waals surface area contributed by atoms with Gasteiger partial charge in [-0.15, -0.1) is 0 Å². The third-order valence-corrected chi connectivity index (χ3v) is 8.27. The maximum Gasteiger partial charge on any atom is 0.307 e. The van der Waals surface area contributed by atoms with Crippen LogP contribution < -0.4 is 9.47 Å². The number of aromatic nitrogens is 1. The highest BCUT2D eigenvalue weighted by Gasteiger charge is 2.60. The SMILES string of the molecule is Cc1cc(F)c(COc2cc3c(cn2)[C@H]2[C@@H](C3)[C@@H]2C(=O)O)cc1-c1cc(F)c(OC[C@H]2C[C@@](C)(O)C2)c(F)c1. The van der Waals surface area contributed by atoms with Crippen molar-refractivity contribution in [3.63, 3.8) is 0 Å². The Hall–Kier alpha value is -3.59. The summed E-state index contributed by atoms with van der Waals surface area (Å²) in [6, 6.07) is 6.90. The van der Waals surface area contributed by atoms with E-state index >= 15 is 0 Å². The van der Waals surface area contributed by atoms with Gasteiger partial charge in [0.05, 0.1) is 18.1 Å². The van der Waals surface area contributed by atoms with Crippen LogP contribution in [0.3, 0.4) is 0 Å². The molecule has 6 nitrogen and oxygen atoms in total. The molecule has 2 saturated carbocycles. The maximum absolute atomic E-state index is 14.9. The number of hydrogen-bond donors (Lipinski definition) is 2. The second kappa shape index (κ2) is 9.26. The largest absolute Gasteiger partial charge is 0.487 e. The minimum Gasteiger partial charge on any atom is -0.487 e. The molecule has 1 aromatic heterocycles. The van der Waals surface area contributed by atoms with Crippen LogP contribution in [0.2, 0.25) is 0 Å². The minimum absolute atomic E-state index is 0.00304. The van der Waals surface area contributed by atoms with Gasteiger partial charge >= 0.3 is 5.97 Å². The van der Waals surface area contributed by atoms with Gasteiger partial charge in [-0.3, -0.25) is 4.79 Å². The third kappa shape index (κ3) is 4.73. The summed E-state index contributed by atoms with van der Waals surface area (Å²) in [5.74, 6) is -3.39. The van der Waals surface area contributed by atoms with Gasteiger partial charge in [-0.2, -0.15) is 0 Å². The second-order valence-electron chi connectivity index (χ2n) is 11.4. The van der Waals surface area contributed by atoms with Crippen molar-refractivity contribution in [2.24, 2.45) is 17.8 Å². The average molecular weight is 540 g/mol. The summed E-state index contributed by atoms with van der Waals surface area (Å²) in [4.78, 5) is 15.6. The molecule has 0 amide bonds. The van der Waals surface area contributed by atoms with Gasteiger partial charge in [-0.05, 0) is 97.0 Å². The number of pyridine rings is 1. The van der Waals surface area contributed by atoms with Gasteiger partial charge in [0.15, 0.2) is 17.4 Å². The molecule has 0 aliphatic heterocycles. The molecule has 2 N–H and O–H groups in total. The lowest BCUT2D eigenvalue weighted by atomic mass is 9.73. The van der Waals surface area contributed by atoms with E-state index in [0.29, 0.717) is 36.3 Å². The van der Waals surface area contributed by atoms with Crippen molar-refractivity contribution in [3.8, 4) is 22.8 Å². The highest BCUT2D eigenvalue weighted by molar-refractivity contribution is 5.77. The van der Waals surface area contributed by atoms with Crippen molar-refractivity contribution in [1.29, 1.82) is 0 Å². The molecule has 3 aromatic rings. The minimum atomic E-state index is -0.858. The number of benzene rings is 2. The first kappa shape index (κ1) is 25.7. The number of aliphatic hydroxyl groups is 1. The summed E-state index contributed by atoms with van der Waals surface area (Å²) in [6.45, 7) is 3.33. The van der Waals surface area contributed by atoms with Crippen LogP contribution in [0.4, 0.5) is 13.2 Å². The number of carboxylic acids is 1. The number of carbonyl (C=O) groups is 1. The predicted octanol–water partition coefficient (Wildman–Crippen LogP) is 5.56. The lowest BCUT2D eigenvalue weighted by Crippen LogP contribution is -2.43. The predicted molar refractivity (Wildman–Crippen MR) is 135 cm³/mol. The fraction of sp³-hybridized carbons (Fsp3) is 0.400. The van der Waals surface area contributed by atoms with Gasteiger partial charge in [0.1, 0.15) is 12.4 Å². The van der Waals surface area contributed by atoms with Gasteiger partial charge in [0.25, 0.3) is 0 Å². The molecule has 6 rings (SSSR count). The molecule has 2 aromatic carbocycles. The Morgan fingerprint density at radius 2 is 1.79 bits per heavy atom. The second-order valence-corrected chi connectivity index (χ2v) is 11.4. The Morgan fingerprint density at radius 1 is 1.08 bits per heavy atom. The molecule has 0 saturated heterocycles. The standard InChI is InChI=1S/C30H28F3NO5/c1-14-3-22(31)18(13-38-25-8-16-4-20-26(21(16)11-34-25)27(20)29(35)36)5-19(14)17-6-23(32)28(24(33)7-17)39-12-15-9-30(2,37)10-15/h3,5-8,11,15,20,26-27,37H,4,9-10,12-13H2,1-2H3,(H,35,36)/t15-,20-,26-,27+,30+/m1/s1. The van der Waals surface area contributed by atoms with Gasteiger partial charge in [0.2, 0.25) is 5.88 Å². The van der Waals surface area contributed by atoms with E-state index in [1.807, 2.05) is 0 Å². The summed E-state index contributed by atoms with van der Waals surface area (Å²) >= 11 is 0. The van der Waals surface area contributed by atoms with Crippen LogP contribution >= 0.6 is 0 Å². The first-order chi connectivity index (χ1) is 18.5. The monoisotopic (exact) mass is 539 g/mol. The summed E-state index contributed by atoms with van der Waals surface area (Å²) in [5.41, 5.74) is 2.57. The molecule has 0 spiro atoms. The quantitative estimate of drug-likeness (QED) is 0.390. The summed E-state index contributed by atoms with van der Waals surface area (Å²) < 4.78 is 55.7. The Bertz CT molecular complexity index is 1460. The molecular formula is C30H28F3NO5. The zero-order valence-corrected chi connectivity index (χ0v) is 21.5. The molecule has 0 bridgehead atoms. The molecule has 2 fully saturated rings. The highest BCUT2D eigenvalue weighted by atomic mass is 19.1. The number of ether oxygens (including phenoxy) is 2. The van der Waals surface area contributed by atoms with Crippen LogP contribution in [0.1, 0.15) is 47.9 Å². The highest BCUT2D eigenvalue weighted by Crippen LogP contribution is 2.61. The lowest BCUT2D eigenvalue weighted by Gasteiger charge is -2.40. The van der Waals surface area contributed by atoms with E-state index in [4.69, 9.17) is 9.47 Å². The van der Waals surface area contributed by atoms with Crippen molar-refractivity contribution in [1.82, 2.24) is 4.98 Å².